The number of para-hydroxylation sites is 1. The van der Waals surface area contributed by atoms with Crippen molar-refractivity contribution in [3.63, 3.8) is 0 Å². The fraction of sp³-hybridized carbons (Fsp3) is 0.400. The van der Waals surface area contributed by atoms with Crippen LogP contribution >= 0.6 is 11.6 Å². The van der Waals surface area contributed by atoms with Gasteiger partial charge < -0.3 is 14.7 Å². The molecule has 2 aliphatic heterocycles. The number of aliphatic hydroxyl groups excluding tert-OH is 1. The van der Waals surface area contributed by atoms with Crippen molar-refractivity contribution in [3.05, 3.63) is 58.6 Å². The zero-order valence-electron chi connectivity index (χ0n) is 14.2. The third kappa shape index (κ3) is 3.61. The maximum Gasteiger partial charge on any atom is 0.122 e. The van der Waals surface area contributed by atoms with Gasteiger partial charge in [0, 0.05) is 39.1 Å². The van der Waals surface area contributed by atoms with Crippen LogP contribution in [0.4, 0.5) is 5.69 Å². The van der Waals surface area contributed by atoms with E-state index >= 15 is 0 Å². The minimum absolute atomic E-state index is 0.460. The van der Waals surface area contributed by atoms with Crippen molar-refractivity contribution in [2.24, 2.45) is 0 Å². The molecule has 2 aromatic carbocycles. The first-order valence-corrected chi connectivity index (χ1v) is 9.24. The van der Waals surface area contributed by atoms with E-state index in [0.29, 0.717) is 6.54 Å². The molecule has 0 bridgehead atoms. The van der Waals surface area contributed by atoms with Gasteiger partial charge >= 0.3 is 0 Å². The Bertz CT molecular complexity index is 744. The van der Waals surface area contributed by atoms with Crippen LogP contribution < -0.4 is 9.64 Å². The van der Waals surface area contributed by atoms with E-state index in [9.17, 15) is 5.11 Å². The van der Waals surface area contributed by atoms with Gasteiger partial charge in [-0.15, -0.1) is 0 Å². The van der Waals surface area contributed by atoms with Crippen LogP contribution in [0.1, 0.15) is 17.2 Å². The molecule has 0 spiro atoms. The van der Waals surface area contributed by atoms with Crippen molar-refractivity contribution >= 4 is 17.3 Å². The highest BCUT2D eigenvalue weighted by Crippen LogP contribution is 2.29. The lowest BCUT2D eigenvalue weighted by molar-refractivity contribution is 0.109. The molecule has 0 aromatic heterocycles. The topological polar surface area (TPSA) is 35.9 Å². The van der Waals surface area contributed by atoms with Gasteiger partial charge in [-0.2, -0.15) is 0 Å². The molecule has 4 rings (SSSR count). The summed E-state index contributed by atoms with van der Waals surface area (Å²) in [6, 6.07) is 14.0. The monoisotopic (exact) mass is 358 g/mol. The molecule has 0 unspecified atom stereocenters. The second-order valence-electron chi connectivity index (χ2n) is 6.72. The van der Waals surface area contributed by atoms with Gasteiger partial charge in [0.15, 0.2) is 0 Å². The van der Waals surface area contributed by atoms with Crippen LogP contribution in [-0.4, -0.2) is 49.3 Å². The standard InChI is InChI=1S/C20H23ClN2O2/c21-17-3-1-2-4-18(17)23-10-8-22(9-11-23)14-19(24)15-5-6-20-16(13-15)7-12-25-20/h1-6,13,19,24H,7-12,14H2/t19-/m0/s1. The van der Waals surface area contributed by atoms with Crippen LogP contribution in [0.3, 0.4) is 0 Å². The average molecular weight is 359 g/mol. The SMILES string of the molecule is O[C@@H](CN1CCN(c2ccccc2Cl)CC1)c1ccc2c(c1)CCO2. The van der Waals surface area contributed by atoms with Crippen molar-refractivity contribution in [3.8, 4) is 5.75 Å². The molecular weight excluding hydrogens is 336 g/mol. The Kier molecular flexibility index (Phi) is 4.84. The highest BCUT2D eigenvalue weighted by atomic mass is 35.5. The number of piperazine rings is 1. The number of ether oxygens (including phenoxy) is 1. The smallest absolute Gasteiger partial charge is 0.122 e. The summed E-state index contributed by atoms with van der Waals surface area (Å²) in [6.07, 6.45) is 0.477. The molecule has 1 fully saturated rings. The molecule has 2 aliphatic rings. The van der Waals surface area contributed by atoms with Gasteiger partial charge in [0.2, 0.25) is 0 Å². The Morgan fingerprint density at radius 2 is 1.88 bits per heavy atom. The second kappa shape index (κ2) is 7.24. The molecule has 1 N–H and O–H groups in total. The fourth-order valence-corrected chi connectivity index (χ4v) is 3.90. The molecule has 0 saturated carbocycles. The highest BCUT2D eigenvalue weighted by molar-refractivity contribution is 6.33. The summed E-state index contributed by atoms with van der Waals surface area (Å²) < 4.78 is 5.54. The van der Waals surface area contributed by atoms with Crippen LogP contribution in [0.15, 0.2) is 42.5 Å². The first-order chi connectivity index (χ1) is 12.2. The van der Waals surface area contributed by atoms with Crippen molar-refractivity contribution in [2.75, 3.05) is 44.2 Å². The fourth-order valence-electron chi connectivity index (χ4n) is 3.64. The Balaban J connectivity index is 1.35. The van der Waals surface area contributed by atoms with E-state index < -0.39 is 6.10 Å². The van der Waals surface area contributed by atoms with Crippen LogP contribution in [0.5, 0.6) is 5.75 Å². The maximum atomic E-state index is 10.6. The molecule has 5 heteroatoms. The van der Waals surface area contributed by atoms with Crippen LogP contribution in [0.25, 0.3) is 0 Å². The molecule has 132 valence electrons. The van der Waals surface area contributed by atoms with Crippen molar-refractivity contribution < 1.29 is 9.84 Å². The van der Waals surface area contributed by atoms with Crippen LogP contribution in [0, 0.1) is 0 Å². The van der Waals surface area contributed by atoms with Crippen LogP contribution in [0.2, 0.25) is 5.02 Å². The van der Waals surface area contributed by atoms with Gasteiger partial charge in [0.25, 0.3) is 0 Å². The average Bonchev–Trinajstić information content (AvgIpc) is 3.10. The highest BCUT2D eigenvalue weighted by Gasteiger charge is 2.22. The van der Waals surface area contributed by atoms with E-state index in [0.717, 1.165) is 61.2 Å². The Morgan fingerprint density at radius 1 is 1.08 bits per heavy atom. The minimum atomic E-state index is -0.460. The number of hydrogen-bond donors (Lipinski definition) is 1. The van der Waals surface area contributed by atoms with Crippen molar-refractivity contribution in [1.82, 2.24) is 4.90 Å². The molecule has 2 heterocycles. The summed E-state index contributed by atoms with van der Waals surface area (Å²) in [6.45, 7) is 5.12. The Hall–Kier alpha value is -1.75. The predicted octanol–water partition coefficient (Wildman–Crippen LogP) is 3.13. The summed E-state index contributed by atoms with van der Waals surface area (Å²) in [5.74, 6) is 0.962. The molecule has 0 aliphatic carbocycles. The number of halogens is 1. The lowest BCUT2D eigenvalue weighted by Gasteiger charge is -2.37. The summed E-state index contributed by atoms with van der Waals surface area (Å²) in [5, 5.41) is 11.4. The second-order valence-corrected chi connectivity index (χ2v) is 7.13. The van der Waals surface area contributed by atoms with E-state index in [4.69, 9.17) is 16.3 Å². The van der Waals surface area contributed by atoms with E-state index in [-0.39, 0.29) is 0 Å². The molecule has 2 aromatic rings. The van der Waals surface area contributed by atoms with Gasteiger partial charge in [0.05, 0.1) is 23.4 Å². The predicted molar refractivity (Wildman–Crippen MR) is 101 cm³/mol. The van der Waals surface area contributed by atoms with Crippen molar-refractivity contribution in [2.45, 2.75) is 12.5 Å². The number of aliphatic hydroxyl groups is 1. The van der Waals surface area contributed by atoms with Gasteiger partial charge in [-0.1, -0.05) is 29.8 Å². The lowest BCUT2D eigenvalue weighted by Crippen LogP contribution is -2.47. The maximum absolute atomic E-state index is 10.6. The summed E-state index contributed by atoms with van der Waals surface area (Å²) in [4.78, 5) is 4.64. The van der Waals surface area contributed by atoms with E-state index in [1.165, 1.54) is 5.56 Å². The Labute approximate surface area is 153 Å². The zero-order valence-corrected chi connectivity index (χ0v) is 15.0. The van der Waals surface area contributed by atoms with E-state index in [1.54, 1.807) is 0 Å². The number of β-amino-alcohol motifs (C(OH)–C–C–N with tert-alkyl or cyclic N) is 1. The number of nitrogens with zero attached hydrogens (tertiary/aromatic N) is 2. The van der Waals surface area contributed by atoms with Crippen LogP contribution in [-0.2, 0) is 6.42 Å². The first-order valence-electron chi connectivity index (χ1n) is 8.86. The van der Waals surface area contributed by atoms with Gasteiger partial charge in [-0.3, -0.25) is 4.90 Å². The summed E-state index contributed by atoms with van der Waals surface area (Å²) in [7, 11) is 0. The molecule has 1 saturated heterocycles. The number of benzene rings is 2. The number of anilines is 1. The normalized spacial score (nSPS) is 18.7. The zero-order chi connectivity index (χ0) is 17.2. The van der Waals surface area contributed by atoms with Gasteiger partial charge in [0.1, 0.15) is 5.75 Å². The van der Waals surface area contributed by atoms with Crippen molar-refractivity contribution in [1.29, 1.82) is 0 Å². The first kappa shape index (κ1) is 16.7. The summed E-state index contributed by atoms with van der Waals surface area (Å²) >= 11 is 6.30. The van der Waals surface area contributed by atoms with Gasteiger partial charge in [-0.25, -0.2) is 0 Å². The molecule has 0 amide bonds. The number of hydrogen-bond acceptors (Lipinski definition) is 4. The quantitative estimate of drug-likeness (QED) is 0.911. The third-order valence-electron chi connectivity index (χ3n) is 5.09. The molecule has 25 heavy (non-hydrogen) atoms. The van der Waals surface area contributed by atoms with E-state index in [2.05, 4.69) is 21.9 Å². The lowest BCUT2D eigenvalue weighted by atomic mass is 10.0. The molecule has 1 atom stereocenters. The minimum Gasteiger partial charge on any atom is -0.493 e. The number of fused-ring (bicyclic) bond motifs is 1. The van der Waals surface area contributed by atoms with Gasteiger partial charge in [-0.05, 0) is 35.4 Å². The molecule has 0 radical (unpaired) electrons. The van der Waals surface area contributed by atoms with E-state index in [1.807, 2.05) is 30.3 Å². The third-order valence-corrected chi connectivity index (χ3v) is 5.41. The molecular formula is C20H23ClN2O2. The Morgan fingerprint density at radius 3 is 2.68 bits per heavy atom. The largest absolute Gasteiger partial charge is 0.493 e. The summed E-state index contributed by atoms with van der Waals surface area (Å²) in [5.41, 5.74) is 3.29. The number of rotatable bonds is 4. The molecule has 4 nitrogen and oxygen atoms in total.